The second-order valence-electron chi connectivity index (χ2n) is 5.70. The number of nitrogens with two attached hydrogens (primary N) is 1. The molecule has 0 aliphatic heterocycles. The molecule has 0 bridgehead atoms. The number of benzene rings is 2. The van der Waals surface area contributed by atoms with Gasteiger partial charge in [-0.15, -0.1) is 0 Å². The number of halogens is 3. The topological polar surface area (TPSA) is 72.6 Å². The van der Waals surface area contributed by atoms with Crippen LogP contribution in [-0.2, 0) is 14.8 Å². The molecule has 0 atom stereocenters. The molecule has 0 saturated heterocycles. The molecule has 156 valence electrons. The lowest BCUT2D eigenvalue weighted by atomic mass is 10.1. The van der Waals surface area contributed by atoms with Gasteiger partial charge in [-0.05, 0) is 43.7 Å². The van der Waals surface area contributed by atoms with E-state index in [1.54, 1.807) is 18.2 Å². The standard InChI is InChI=1S/C15H15Cl2FN2O2S.C4H10O/c1-23(21,22)20(7-6-19)11-3-4-12(14(17)9-11)10-2-5-13(16)15(18)8-10;1-3-5-4-2/h2-5,8-9H,6-7,19H2,1H3;3-4H2,1-2H3. The van der Waals surface area contributed by atoms with Crippen LogP contribution in [0.5, 0.6) is 0 Å². The summed E-state index contributed by atoms with van der Waals surface area (Å²) in [7, 11) is -3.47. The Kier molecular flexibility index (Phi) is 10.2. The monoisotopic (exact) mass is 450 g/mol. The molecule has 28 heavy (non-hydrogen) atoms. The summed E-state index contributed by atoms with van der Waals surface area (Å²) in [5.74, 6) is -0.551. The number of hydrogen-bond acceptors (Lipinski definition) is 4. The Labute approximate surface area is 176 Å². The molecule has 0 aromatic heterocycles. The normalized spacial score (nSPS) is 11.0. The zero-order chi connectivity index (χ0) is 21.3. The SMILES string of the molecule is CCOCC.CS(=O)(=O)N(CCN)c1ccc(-c2ccc(Cl)c(F)c2)c(Cl)c1. The molecular weight excluding hydrogens is 426 g/mol. The zero-order valence-electron chi connectivity index (χ0n) is 16.1. The van der Waals surface area contributed by atoms with Crippen LogP contribution < -0.4 is 10.0 Å². The molecular formula is C19H25Cl2FN2O3S. The molecule has 0 spiro atoms. The maximum absolute atomic E-state index is 13.6. The molecule has 9 heteroatoms. The van der Waals surface area contributed by atoms with Crippen molar-refractivity contribution < 1.29 is 17.5 Å². The number of anilines is 1. The minimum Gasteiger partial charge on any atom is -0.382 e. The first-order valence-corrected chi connectivity index (χ1v) is 11.3. The maximum atomic E-state index is 13.6. The van der Waals surface area contributed by atoms with Crippen molar-refractivity contribution in [3.63, 3.8) is 0 Å². The lowest BCUT2D eigenvalue weighted by Gasteiger charge is -2.22. The number of ether oxygens (including phenoxy) is 1. The third-order valence-electron chi connectivity index (χ3n) is 3.61. The number of nitrogens with zero attached hydrogens (tertiary/aromatic N) is 1. The molecule has 0 saturated carbocycles. The van der Waals surface area contributed by atoms with Crippen molar-refractivity contribution in [3.05, 3.63) is 52.3 Å². The average molecular weight is 451 g/mol. The summed E-state index contributed by atoms with van der Waals surface area (Å²) in [4.78, 5) is 0. The number of rotatable bonds is 7. The van der Waals surface area contributed by atoms with E-state index in [0.717, 1.165) is 19.5 Å². The molecule has 2 aromatic carbocycles. The summed E-state index contributed by atoms with van der Waals surface area (Å²) in [6.45, 7) is 5.99. The van der Waals surface area contributed by atoms with Crippen LogP contribution in [0.25, 0.3) is 11.1 Å². The van der Waals surface area contributed by atoms with Crippen LogP contribution in [0.1, 0.15) is 13.8 Å². The molecule has 5 nitrogen and oxygen atoms in total. The highest BCUT2D eigenvalue weighted by Crippen LogP contribution is 2.33. The summed E-state index contributed by atoms with van der Waals surface area (Å²) < 4.78 is 43.3. The quantitative estimate of drug-likeness (QED) is 0.670. The van der Waals surface area contributed by atoms with Crippen molar-refractivity contribution in [2.75, 3.05) is 36.9 Å². The van der Waals surface area contributed by atoms with Gasteiger partial charge in [-0.3, -0.25) is 4.31 Å². The Bertz CT molecular complexity index is 877. The van der Waals surface area contributed by atoms with E-state index in [1.165, 1.54) is 22.5 Å². The van der Waals surface area contributed by atoms with Crippen LogP contribution in [0.15, 0.2) is 36.4 Å². The smallest absolute Gasteiger partial charge is 0.232 e. The van der Waals surface area contributed by atoms with Gasteiger partial charge in [0.25, 0.3) is 0 Å². The van der Waals surface area contributed by atoms with Crippen molar-refractivity contribution in [3.8, 4) is 11.1 Å². The Morgan fingerprint density at radius 1 is 1.07 bits per heavy atom. The average Bonchev–Trinajstić information content (AvgIpc) is 2.62. The lowest BCUT2D eigenvalue weighted by Crippen LogP contribution is -2.34. The van der Waals surface area contributed by atoms with E-state index >= 15 is 0 Å². The summed E-state index contributed by atoms with van der Waals surface area (Å²) >= 11 is 11.9. The number of hydrogen-bond donors (Lipinski definition) is 1. The second-order valence-corrected chi connectivity index (χ2v) is 8.42. The van der Waals surface area contributed by atoms with E-state index in [1.807, 2.05) is 13.8 Å². The van der Waals surface area contributed by atoms with Crippen molar-refractivity contribution in [1.29, 1.82) is 0 Å². The second kappa shape index (κ2) is 11.6. The summed E-state index contributed by atoms with van der Waals surface area (Å²) in [6.07, 6.45) is 1.10. The molecule has 0 amide bonds. The van der Waals surface area contributed by atoms with Gasteiger partial charge in [0, 0.05) is 31.9 Å². The van der Waals surface area contributed by atoms with Gasteiger partial charge in [0.05, 0.1) is 22.0 Å². The lowest BCUT2D eigenvalue weighted by molar-refractivity contribution is 0.162. The van der Waals surface area contributed by atoms with E-state index in [9.17, 15) is 12.8 Å². The Hall–Kier alpha value is -1.38. The van der Waals surface area contributed by atoms with E-state index in [0.29, 0.717) is 21.8 Å². The fraction of sp³-hybridized carbons (Fsp3) is 0.368. The molecule has 0 unspecified atom stereocenters. The Balaban J connectivity index is 0.000000696. The molecule has 0 aliphatic carbocycles. The van der Waals surface area contributed by atoms with Crippen LogP contribution in [-0.4, -0.2) is 41.0 Å². The number of sulfonamides is 1. The van der Waals surface area contributed by atoms with Gasteiger partial charge in [-0.2, -0.15) is 0 Å². The molecule has 2 rings (SSSR count). The molecule has 0 heterocycles. The van der Waals surface area contributed by atoms with Gasteiger partial charge in [0.1, 0.15) is 5.82 Å². The van der Waals surface area contributed by atoms with E-state index in [2.05, 4.69) is 0 Å². The predicted molar refractivity (Wildman–Crippen MR) is 115 cm³/mol. The summed E-state index contributed by atoms with van der Waals surface area (Å²) in [6, 6.07) is 9.10. The Morgan fingerprint density at radius 2 is 1.71 bits per heavy atom. The first-order valence-electron chi connectivity index (χ1n) is 8.66. The van der Waals surface area contributed by atoms with Crippen molar-refractivity contribution >= 4 is 38.9 Å². The van der Waals surface area contributed by atoms with Gasteiger partial charge in [0.15, 0.2) is 0 Å². The first-order chi connectivity index (χ1) is 13.1. The largest absolute Gasteiger partial charge is 0.382 e. The fourth-order valence-electron chi connectivity index (χ4n) is 2.36. The third-order valence-corrected chi connectivity index (χ3v) is 5.43. The minimum atomic E-state index is -3.47. The van der Waals surface area contributed by atoms with Crippen LogP contribution in [0.3, 0.4) is 0 Å². The van der Waals surface area contributed by atoms with E-state index < -0.39 is 15.8 Å². The van der Waals surface area contributed by atoms with Gasteiger partial charge in [0.2, 0.25) is 10.0 Å². The highest BCUT2D eigenvalue weighted by Gasteiger charge is 2.18. The predicted octanol–water partition coefficient (Wildman–Crippen LogP) is 4.57. The molecule has 2 aromatic rings. The van der Waals surface area contributed by atoms with Crippen LogP contribution in [0, 0.1) is 5.82 Å². The van der Waals surface area contributed by atoms with Crippen molar-refractivity contribution in [1.82, 2.24) is 0 Å². The van der Waals surface area contributed by atoms with Crippen LogP contribution in [0.2, 0.25) is 10.0 Å². The van der Waals surface area contributed by atoms with Gasteiger partial charge in [-0.1, -0.05) is 35.3 Å². The fourth-order valence-corrected chi connectivity index (χ4v) is 3.70. The van der Waals surface area contributed by atoms with Crippen LogP contribution >= 0.6 is 23.2 Å². The van der Waals surface area contributed by atoms with Gasteiger partial charge >= 0.3 is 0 Å². The van der Waals surface area contributed by atoms with E-state index in [4.69, 9.17) is 33.7 Å². The van der Waals surface area contributed by atoms with Crippen molar-refractivity contribution in [2.45, 2.75) is 13.8 Å². The Morgan fingerprint density at radius 3 is 2.14 bits per heavy atom. The molecule has 2 N–H and O–H groups in total. The van der Waals surface area contributed by atoms with Crippen molar-refractivity contribution in [2.24, 2.45) is 5.73 Å². The highest BCUT2D eigenvalue weighted by atomic mass is 35.5. The van der Waals surface area contributed by atoms with E-state index in [-0.39, 0.29) is 18.1 Å². The summed E-state index contributed by atoms with van der Waals surface area (Å²) in [5.41, 5.74) is 6.99. The highest BCUT2D eigenvalue weighted by molar-refractivity contribution is 7.92. The molecule has 0 fully saturated rings. The minimum absolute atomic E-state index is 0.0210. The first kappa shape index (κ1) is 24.7. The van der Waals surface area contributed by atoms with Gasteiger partial charge in [-0.25, -0.2) is 12.8 Å². The molecule has 0 aliphatic rings. The third kappa shape index (κ3) is 7.22. The maximum Gasteiger partial charge on any atom is 0.232 e. The van der Waals surface area contributed by atoms with Crippen LogP contribution in [0.4, 0.5) is 10.1 Å². The van der Waals surface area contributed by atoms with Gasteiger partial charge < -0.3 is 10.5 Å². The summed E-state index contributed by atoms with van der Waals surface area (Å²) in [5, 5.41) is 0.322. The molecule has 0 radical (unpaired) electrons. The zero-order valence-corrected chi connectivity index (χ0v) is 18.4.